The van der Waals surface area contributed by atoms with E-state index in [0.717, 1.165) is 9.87 Å². The van der Waals surface area contributed by atoms with Crippen LogP contribution in [0, 0.1) is 0 Å². The van der Waals surface area contributed by atoms with E-state index in [2.05, 4.69) is 9.97 Å². The predicted molar refractivity (Wildman–Crippen MR) is 79.3 cm³/mol. The number of ether oxygens (including phenoxy) is 1. The number of nitrogens with zero attached hydrogens (tertiary/aromatic N) is 2. The van der Waals surface area contributed by atoms with Gasteiger partial charge in [-0.15, -0.1) is 0 Å². The number of benzene rings is 1. The summed E-state index contributed by atoms with van der Waals surface area (Å²) in [5.41, 5.74) is 1.52. The smallest absolute Gasteiger partial charge is 0.375 e. The molecule has 2 aromatic rings. The van der Waals surface area contributed by atoms with E-state index in [1.54, 1.807) is 13.3 Å². The SMILES string of the molecule is COc1ccccc1-c1cnc(C2CCCN2S(=O)(=O)F)[nH]1. The van der Waals surface area contributed by atoms with Crippen LogP contribution in [0.4, 0.5) is 3.89 Å². The van der Waals surface area contributed by atoms with Crippen LogP contribution in [-0.4, -0.2) is 36.3 Å². The van der Waals surface area contributed by atoms with E-state index < -0.39 is 16.5 Å². The van der Waals surface area contributed by atoms with E-state index in [9.17, 15) is 12.3 Å². The highest BCUT2D eigenvalue weighted by molar-refractivity contribution is 7.84. The molecule has 118 valence electrons. The van der Waals surface area contributed by atoms with Gasteiger partial charge in [-0.25, -0.2) is 4.98 Å². The Kier molecular flexibility index (Phi) is 3.88. The summed E-state index contributed by atoms with van der Waals surface area (Å²) in [4.78, 5) is 7.31. The standard InChI is InChI=1S/C14H16FN3O3S/c1-21-13-7-3-2-5-10(13)11-9-16-14(17-11)12-6-4-8-18(12)22(15,19)20/h2-3,5,7,9,12H,4,6,8H2,1H3,(H,16,17). The third-order valence-electron chi connectivity index (χ3n) is 3.79. The molecule has 0 radical (unpaired) electrons. The van der Waals surface area contributed by atoms with Gasteiger partial charge in [0, 0.05) is 12.1 Å². The first-order valence-electron chi connectivity index (χ1n) is 6.90. The maximum Gasteiger partial charge on any atom is 0.375 e. The number of para-hydroxylation sites is 1. The second-order valence-corrected chi connectivity index (χ2v) is 6.39. The minimum Gasteiger partial charge on any atom is -0.496 e. The summed E-state index contributed by atoms with van der Waals surface area (Å²) in [5, 5.41) is 0. The number of halogens is 1. The zero-order valence-corrected chi connectivity index (χ0v) is 12.8. The molecule has 22 heavy (non-hydrogen) atoms. The van der Waals surface area contributed by atoms with Gasteiger partial charge in [0.15, 0.2) is 0 Å². The van der Waals surface area contributed by atoms with Crippen LogP contribution in [0.5, 0.6) is 5.75 Å². The third kappa shape index (κ3) is 2.71. The molecular weight excluding hydrogens is 309 g/mol. The summed E-state index contributed by atoms with van der Waals surface area (Å²) < 4.78 is 41.8. The van der Waals surface area contributed by atoms with Gasteiger partial charge in [-0.1, -0.05) is 16.0 Å². The lowest BCUT2D eigenvalue weighted by molar-refractivity contribution is 0.361. The van der Waals surface area contributed by atoms with E-state index in [1.165, 1.54) is 0 Å². The van der Waals surface area contributed by atoms with Crippen LogP contribution in [0.2, 0.25) is 0 Å². The van der Waals surface area contributed by atoms with Crippen LogP contribution in [-0.2, 0) is 10.4 Å². The molecule has 1 aliphatic rings. The van der Waals surface area contributed by atoms with Crippen molar-refractivity contribution in [2.75, 3.05) is 13.7 Å². The van der Waals surface area contributed by atoms with E-state index >= 15 is 0 Å². The fourth-order valence-electron chi connectivity index (χ4n) is 2.78. The summed E-state index contributed by atoms with van der Waals surface area (Å²) >= 11 is 0. The van der Waals surface area contributed by atoms with Crippen molar-refractivity contribution >= 4 is 10.4 Å². The van der Waals surface area contributed by atoms with Gasteiger partial charge in [-0.2, -0.15) is 12.7 Å². The number of rotatable bonds is 4. The molecule has 1 fully saturated rings. The van der Waals surface area contributed by atoms with E-state index in [-0.39, 0.29) is 6.54 Å². The Bertz CT molecular complexity index is 775. The topological polar surface area (TPSA) is 75.3 Å². The zero-order valence-electron chi connectivity index (χ0n) is 12.0. The molecule has 1 unspecified atom stereocenters. The molecule has 0 amide bonds. The lowest BCUT2D eigenvalue weighted by atomic mass is 10.1. The zero-order chi connectivity index (χ0) is 15.7. The number of aromatic amines is 1. The largest absolute Gasteiger partial charge is 0.496 e. The number of hydrogen-bond donors (Lipinski definition) is 1. The Labute approximate surface area is 128 Å². The van der Waals surface area contributed by atoms with Gasteiger partial charge in [-0.05, 0) is 25.0 Å². The average Bonchev–Trinajstić information content (AvgIpc) is 3.15. The first-order chi connectivity index (χ1) is 10.5. The van der Waals surface area contributed by atoms with Gasteiger partial charge in [0.05, 0.1) is 25.0 Å². The molecule has 1 atom stereocenters. The number of aromatic nitrogens is 2. The highest BCUT2D eigenvalue weighted by Gasteiger charge is 2.36. The van der Waals surface area contributed by atoms with Crippen LogP contribution in [0.25, 0.3) is 11.3 Å². The monoisotopic (exact) mass is 325 g/mol. The number of imidazole rings is 1. The van der Waals surface area contributed by atoms with E-state index in [0.29, 0.717) is 30.1 Å². The summed E-state index contributed by atoms with van der Waals surface area (Å²) in [6.07, 6.45) is 2.76. The molecular formula is C14H16FN3O3S. The molecule has 0 saturated carbocycles. The normalized spacial score (nSPS) is 19.5. The van der Waals surface area contributed by atoms with Gasteiger partial charge in [-0.3, -0.25) is 0 Å². The van der Waals surface area contributed by atoms with Crippen molar-refractivity contribution in [3.8, 4) is 17.0 Å². The van der Waals surface area contributed by atoms with Crippen molar-refractivity contribution in [1.82, 2.24) is 14.3 Å². The molecule has 1 saturated heterocycles. The number of H-pyrrole nitrogens is 1. The molecule has 0 aliphatic carbocycles. The van der Waals surface area contributed by atoms with Gasteiger partial charge in [0.1, 0.15) is 11.6 Å². The molecule has 1 aromatic heterocycles. The molecule has 2 heterocycles. The molecule has 6 nitrogen and oxygen atoms in total. The average molecular weight is 325 g/mol. The molecule has 1 aliphatic heterocycles. The fourth-order valence-corrected chi connectivity index (χ4v) is 3.64. The summed E-state index contributed by atoms with van der Waals surface area (Å²) in [7, 11) is -3.15. The van der Waals surface area contributed by atoms with Crippen LogP contribution in [0.1, 0.15) is 24.7 Å². The van der Waals surface area contributed by atoms with Crippen LogP contribution >= 0.6 is 0 Å². The molecule has 1 aromatic carbocycles. The molecule has 1 N–H and O–H groups in total. The number of nitrogens with one attached hydrogen (secondary N) is 1. The fraction of sp³-hybridized carbons (Fsp3) is 0.357. The predicted octanol–water partition coefficient (Wildman–Crippen LogP) is 2.44. The van der Waals surface area contributed by atoms with Crippen LogP contribution in [0.3, 0.4) is 0 Å². The van der Waals surface area contributed by atoms with Gasteiger partial charge in [0.25, 0.3) is 0 Å². The van der Waals surface area contributed by atoms with Crippen molar-refractivity contribution in [2.24, 2.45) is 0 Å². The summed E-state index contributed by atoms with van der Waals surface area (Å²) in [5.74, 6) is 1.12. The second kappa shape index (κ2) is 5.69. The quantitative estimate of drug-likeness (QED) is 0.876. The Balaban J connectivity index is 1.94. The summed E-state index contributed by atoms with van der Waals surface area (Å²) in [6.45, 7) is 0.175. The molecule has 0 spiro atoms. The van der Waals surface area contributed by atoms with E-state index in [4.69, 9.17) is 4.74 Å². The van der Waals surface area contributed by atoms with Crippen molar-refractivity contribution < 1.29 is 17.0 Å². The number of hydrogen-bond acceptors (Lipinski definition) is 4. The Morgan fingerprint density at radius 2 is 2.18 bits per heavy atom. The first-order valence-corrected chi connectivity index (χ1v) is 8.24. The Hall–Kier alpha value is -1.93. The summed E-state index contributed by atoms with van der Waals surface area (Å²) in [6, 6.07) is 6.83. The van der Waals surface area contributed by atoms with Crippen molar-refractivity contribution in [3.05, 3.63) is 36.3 Å². The first kappa shape index (κ1) is 15.0. The highest BCUT2D eigenvalue weighted by Crippen LogP contribution is 2.35. The van der Waals surface area contributed by atoms with Gasteiger partial charge >= 0.3 is 10.4 Å². The molecule has 3 rings (SSSR count). The lowest BCUT2D eigenvalue weighted by Crippen LogP contribution is -2.27. The van der Waals surface area contributed by atoms with Gasteiger partial charge < -0.3 is 9.72 Å². The Morgan fingerprint density at radius 3 is 2.91 bits per heavy atom. The van der Waals surface area contributed by atoms with E-state index in [1.807, 2.05) is 24.3 Å². The van der Waals surface area contributed by atoms with Crippen molar-refractivity contribution in [1.29, 1.82) is 0 Å². The molecule has 8 heteroatoms. The minimum absolute atomic E-state index is 0.175. The van der Waals surface area contributed by atoms with Crippen molar-refractivity contribution in [2.45, 2.75) is 18.9 Å². The number of methoxy groups -OCH3 is 1. The van der Waals surface area contributed by atoms with Crippen LogP contribution < -0.4 is 4.74 Å². The molecule has 0 bridgehead atoms. The third-order valence-corrected chi connectivity index (χ3v) is 4.79. The van der Waals surface area contributed by atoms with Gasteiger partial charge in [0.2, 0.25) is 0 Å². The minimum atomic E-state index is -4.72. The second-order valence-electron chi connectivity index (χ2n) is 5.09. The van der Waals surface area contributed by atoms with Crippen molar-refractivity contribution in [3.63, 3.8) is 0 Å². The Morgan fingerprint density at radius 1 is 1.41 bits per heavy atom. The maximum absolute atomic E-state index is 13.3. The van der Waals surface area contributed by atoms with Crippen LogP contribution in [0.15, 0.2) is 30.5 Å². The highest BCUT2D eigenvalue weighted by atomic mass is 32.3. The lowest BCUT2D eigenvalue weighted by Gasteiger charge is -2.17. The maximum atomic E-state index is 13.3.